The number of rotatable bonds is 5. The van der Waals surface area contributed by atoms with Gasteiger partial charge in [0.1, 0.15) is 4.90 Å². The summed E-state index contributed by atoms with van der Waals surface area (Å²) >= 11 is 0. The fourth-order valence-corrected chi connectivity index (χ4v) is 3.10. The van der Waals surface area contributed by atoms with E-state index in [2.05, 4.69) is 6.58 Å². The van der Waals surface area contributed by atoms with Gasteiger partial charge in [-0.1, -0.05) is 12.6 Å². The summed E-state index contributed by atoms with van der Waals surface area (Å²) < 4.78 is 34.3. The Balaban J connectivity index is 2.83. The largest absolute Gasteiger partial charge is 0.295 e. The first-order valence-electron chi connectivity index (χ1n) is 6.57. The topological polar surface area (TPSA) is 75.3 Å². The minimum Gasteiger partial charge on any atom is -0.294 e. The Labute approximate surface area is 129 Å². The Morgan fingerprint density at radius 1 is 1.27 bits per heavy atom. The van der Waals surface area contributed by atoms with Crippen LogP contribution in [0.5, 0.6) is 0 Å². The van der Waals surface area contributed by atoms with Gasteiger partial charge >= 0.3 is 0 Å². The van der Waals surface area contributed by atoms with E-state index in [1.165, 1.54) is 19.1 Å². The maximum absolute atomic E-state index is 12.0. The van der Waals surface area contributed by atoms with E-state index in [0.29, 0.717) is 17.8 Å². The lowest BCUT2D eigenvalue weighted by atomic mass is 10.0. The number of carbonyl (C=O) groups excluding carboxylic acids is 1. The Morgan fingerprint density at radius 2 is 2.00 bits per heavy atom. The summed E-state index contributed by atoms with van der Waals surface area (Å²) in [7, 11) is -4.48. The van der Waals surface area contributed by atoms with Gasteiger partial charge in [-0.15, -0.1) is 0 Å². The molecule has 0 bridgehead atoms. The van der Waals surface area contributed by atoms with Crippen molar-refractivity contribution in [3.05, 3.63) is 60.8 Å². The van der Waals surface area contributed by atoms with Crippen LogP contribution in [0.25, 0.3) is 11.3 Å². The first-order valence-corrected chi connectivity index (χ1v) is 8.01. The van der Waals surface area contributed by atoms with Crippen LogP contribution < -0.4 is 4.57 Å². The fraction of sp³-hybridized carbons (Fsp3) is 0.125. The predicted molar refractivity (Wildman–Crippen MR) is 82.1 cm³/mol. The van der Waals surface area contributed by atoms with Gasteiger partial charge in [-0.25, -0.2) is 0 Å². The van der Waals surface area contributed by atoms with Crippen LogP contribution in [0.1, 0.15) is 17.3 Å². The molecule has 0 saturated carbocycles. The van der Waals surface area contributed by atoms with Crippen molar-refractivity contribution in [1.29, 1.82) is 0 Å². The molecule has 1 heterocycles. The number of Topliss-reactive ketones (excluding diaryl/α,β-unsaturated/α-hetero) is 1. The zero-order chi connectivity index (χ0) is 16.3. The van der Waals surface area contributed by atoms with E-state index >= 15 is 0 Å². The molecule has 0 saturated heterocycles. The quantitative estimate of drug-likeness (QED) is 0.397. The van der Waals surface area contributed by atoms with E-state index < -0.39 is 15.9 Å². The summed E-state index contributed by atoms with van der Waals surface area (Å²) in [6, 6.07) is 9.76. The Kier molecular flexibility index (Phi) is 4.54. The van der Waals surface area contributed by atoms with Crippen LogP contribution in [-0.2, 0) is 16.7 Å². The van der Waals surface area contributed by atoms with Crippen molar-refractivity contribution in [3.8, 4) is 11.3 Å². The highest BCUT2D eigenvalue weighted by Gasteiger charge is 2.25. The smallest absolute Gasteiger partial charge is 0.294 e. The first-order chi connectivity index (χ1) is 10.4. The van der Waals surface area contributed by atoms with E-state index in [1.807, 2.05) is 10.6 Å². The highest BCUT2D eigenvalue weighted by molar-refractivity contribution is 7.86. The van der Waals surface area contributed by atoms with Crippen LogP contribution in [0.3, 0.4) is 0 Å². The number of ketones is 1. The summed E-state index contributed by atoms with van der Waals surface area (Å²) in [5, 5.41) is 0. The van der Waals surface area contributed by atoms with Crippen molar-refractivity contribution in [3.63, 3.8) is 0 Å². The lowest BCUT2D eigenvalue weighted by Gasteiger charge is -2.10. The normalized spacial score (nSPS) is 11.2. The minimum absolute atomic E-state index is 0.0194. The predicted octanol–water partition coefficient (Wildman–Crippen LogP) is 2.28. The molecule has 2 aromatic rings. The SMILES string of the molecule is C=CC[n+]1ccccc1-c1cccc(S(=O)(=O)O)c1C(C)=O. The van der Waals surface area contributed by atoms with E-state index in [0.717, 1.165) is 0 Å². The molecule has 0 amide bonds. The molecule has 1 N–H and O–H groups in total. The molecule has 114 valence electrons. The lowest BCUT2D eigenvalue weighted by Crippen LogP contribution is -2.35. The Hall–Kier alpha value is -2.31. The minimum atomic E-state index is -4.48. The van der Waals surface area contributed by atoms with Gasteiger partial charge in [-0.2, -0.15) is 13.0 Å². The van der Waals surface area contributed by atoms with Crippen molar-refractivity contribution >= 4 is 15.9 Å². The van der Waals surface area contributed by atoms with Crippen LogP contribution in [0, 0.1) is 0 Å². The zero-order valence-electron chi connectivity index (χ0n) is 12.1. The number of pyridine rings is 1. The van der Waals surface area contributed by atoms with Crippen molar-refractivity contribution in [1.82, 2.24) is 0 Å². The second-order valence-electron chi connectivity index (χ2n) is 4.74. The number of nitrogens with zero attached hydrogens (tertiary/aromatic N) is 1. The Bertz CT molecular complexity index is 841. The maximum Gasteiger partial charge on any atom is 0.295 e. The molecular weight excluding hydrogens is 302 g/mol. The first kappa shape index (κ1) is 16.1. The molecule has 5 nitrogen and oxygen atoms in total. The molecule has 6 heteroatoms. The number of benzene rings is 1. The molecule has 0 aliphatic rings. The van der Waals surface area contributed by atoms with Gasteiger partial charge in [0.05, 0.1) is 11.1 Å². The van der Waals surface area contributed by atoms with Crippen LogP contribution >= 0.6 is 0 Å². The molecule has 1 aromatic heterocycles. The van der Waals surface area contributed by atoms with E-state index in [9.17, 15) is 17.8 Å². The van der Waals surface area contributed by atoms with Gasteiger partial charge in [0.15, 0.2) is 18.5 Å². The summed E-state index contributed by atoms with van der Waals surface area (Å²) in [5.74, 6) is -0.433. The van der Waals surface area contributed by atoms with Gasteiger partial charge in [-0.05, 0) is 31.2 Å². The van der Waals surface area contributed by atoms with Gasteiger partial charge in [-0.3, -0.25) is 9.35 Å². The highest BCUT2D eigenvalue weighted by Crippen LogP contribution is 2.27. The summed E-state index contributed by atoms with van der Waals surface area (Å²) in [6.45, 7) is 5.46. The van der Waals surface area contributed by atoms with E-state index in [-0.39, 0.29) is 10.5 Å². The molecule has 0 unspecified atom stereocenters. The van der Waals surface area contributed by atoms with E-state index in [4.69, 9.17) is 0 Å². The molecule has 0 fully saturated rings. The van der Waals surface area contributed by atoms with Gasteiger partial charge < -0.3 is 0 Å². The standard InChI is InChI=1S/C16H15NO4S/c1-3-10-17-11-5-4-8-14(17)13-7-6-9-15(22(19,20)21)16(13)12(2)18/h3-9,11H,1,10H2,2H3/p+1. The number of aromatic nitrogens is 1. The van der Waals surface area contributed by atoms with E-state index in [1.54, 1.807) is 30.5 Å². The van der Waals surface area contributed by atoms with Crippen molar-refractivity contribution in [2.45, 2.75) is 18.4 Å². The summed E-state index contributed by atoms with van der Waals surface area (Å²) in [5.41, 5.74) is 1.09. The second-order valence-corrected chi connectivity index (χ2v) is 6.13. The van der Waals surface area contributed by atoms with Gasteiger partial charge in [0.2, 0.25) is 5.69 Å². The molecule has 0 aliphatic carbocycles. The molecule has 0 spiro atoms. The van der Waals surface area contributed by atoms with Crippen molar-refractivity contribution in [2.75, 3.05) is 0 Å². The second kappa shape index (κ2) is 6.21. The molecular formula is C16H16NO4S+. The molecule has 22 heavy (non-hydrogen) atoms. The third-order valence-corrected chi connectivity index (χ3v) is 4.09. The number of hydrogen-bond acceptors (Lipinski definition) is 3. The summed E-state index contributed by atoms with van der Waals surface area (Å²) in [4.78, 5) is 11.6. The lowest BCUT2D eigenvalue weighted by molar-refractivity contribution is -0.676. The fourth-order valence-electron chi connectivity index (χ4n) is 2.34. The number of carbonyl (C=O) groups is 1. The van der Waals surface area contributed by atoms with Crippen LogP contribution in [0.4, 0.5) is 0 Å². The molecule has 0 atom stereocenters. The average Bonchev–Trinajstić information content (AvgIpc) is 2.46. The maximum atomic E-state index is 12.0. The average molecular weight is 318 g/mol. The van der Waals surface area contributed by atoms with Crippen LogP contribution in [0.2, 0.25) is 0 Å². The molecule has 0 radical (unpaired) electrons. The third-order valence-electron chi connectivity index (χ3n) is 3.20. The molecule has 0 aliphatic heterocycles. The highest BCUT2D eigenvalue weighted by atomic mass is 32.2. The van der Waals surface area contributed by atoms with Gasteiger partial charge in [0.25, 0.3) is 10.1 Å². The van der Waals surface area contributed by atoms with Crippen molar-refractivity contribution < 1.29 is 22.3 Å². The van der Waals surface area contributed by atoms with Gasteiger partial charge in [0, 0.05) is 12.1 Å². The Morgan fingerprint density at radius 3 is 2.59 bits per heavy atom. The van der Waals surface area contributed by atoms with Crippen LogP contribution in [-0.4, -0.2) is 18.8 Å². The van der Waals surface area contributed by atoms with Crippen LogP contribution in [0.15, 0.2) is 60.1 Å². The number of allylic oxidation sites excluding steroid dienone is 1. The number of hydrogen-bond donors (Lipinski definition) is 1. The van der Waals surface area contributed by atoms with Crippen molar-refractivity contribution in [2.24, 2.45) is 0 Å². The zero-order valence-corrected chi connectivity index (χ0v) is 12.9. The third kappa shape index (κ3) is 3.13. The monoisotopic (exact) mass is 318 g/mol. The molecule has 2 rings (SSSR count). The molecule has 1 aromatic carbocycles. The summed E-state index contributed by atoms with van der Waals surface area (Å²) in [6.07, 6.45) is 3.50.